The second kappa shape index (κ2) is 7.56. The highest BCUT2D eigenvalue weighted by molar-refractivity contribution is 7.92. The van der Waals surface area contributed by atoms with Gasteiger partial charge in [0.1, 0.15) is 5.65 Å². The molecule has 0 bridgehead atoms. The van der Waals surface area contributed by atoms with Crippen LogP contribution in [0.2, 0.25) is 0 Å². The first-order valence-corrected chi connectivity index (χ1v) is 11.8. The van der Waals surface area contributed by atoms with Crippen molar-refractivity contribution in [3.05, 3.63) is 66.0 Å². The van der Waals surface area contributed by atoms with E-state index >= 15 is 4.39 Å². The normalized spacial score (nSPS) is 14.1. The molecule has 1 aromatic carbocycles. The van der Waals surface area contributed by atoms with Crippen LogP contribution in [0.3, 0.4) is 0 Å². The van der Waals surface area contributed by atoms with Crippen LogP contribution in [-0.2, 0) is 17.1 Å². The van der Waals surface area contributed by atoms with Gasteiger partial charge in [-0.15, -0.1) is 0 Å². The van der Waals surface area contributed by atoms with E-state index in [2.05, 4.69) is 19.8 Å². The molecule has 4 aromatic rings. The van der Waals surface area contributed by atoms with Crippen molar-refractivity contribution in [3.8, 4) is 11.1 Å². The zero-order valence-electron chi connectivity index (χ0n) is 17.2. The standard InChI is InChI=1S/C22H20FN5O3S/c1-28-11-15(9-26-28)14-7-17-18(10-25-22(17)24-8-14)21(29)16-3-2-4-19(20(16)23)27-32(30,31)12-13-5-6-13/h2-4,7-11,13,27H,5-6,12H2,1H3,(H,24,25). The molecule has 1 fully saturated rings. The van der Waals surface area contributed by atoms with Crippen molar-refractivity contribution in [1.29, 1.82) is 0 Å². The number of rotatable bonds is 7. The van der Waals surface area contributed by atoms with Gasteiger partial charge in [0.2, 0.25) is 10.0 Å². The number of halogens is 1. The van der Waals surface area contributed by atoms with Crippen molar-refractivity contribution in [2.24, 2.45) is 13.0 Å². The van der Waals surface area contributed by atoms with Crippen LogP contribution in [0.4, 0.5) is 10.1 Å². The first kappa shape index (κ1) is 20.4. The molecule has 1 aliphatic carbocycles. The Morgan fingerprint density at radius 2 is 2.06 bits per heavy atom. The topological polar surface area (TPSA) is 110 Å². The van der Waals surface area contributed by atoms with Crippen LogP contribution in [0, 0.1) is 11.7 Å². The molecular weight excluding hydrogens is 433 g/mol. The summed E-state index contributed by atoms with van der Waals surface area (Å²) in [6.07, 6.45) is 8.38. The van der Waals surface area contributed by atoms with Crippen molar-refractivity contribution in [2.75, 3.05) is 10.5 Å². The zero-order valence-corrected chi connectivity index (χ0v) is 18.0. The minimum Gasteiger partial charge on any atom is -0.345 e. The summed E-state index contributed by atoms with van der Waals surface area (Å²) >= 11 is 0. The predicted molar refractivity (Wildman–Crippen MR) is 118 cm³/mol. The van der Waals surface area contributed by atoms with Crippen molar-refractivity contribution >= 4 is 32.5 Å². The Morgan fingerprint density at radius 1 is 1.25 bits per heavy atom. The van der Waals surface area contributed by atoms with E-state index in [0.29, 0.717) is 11.0 Å². The third-order valence-corrected chi connectivity index (χ3v) is 6.92. The summed E-state index contributed by atoms with van der Waals surface area (Å²) in [5.41, 5.74) is 1.88. The van der Waals surface area contributed by atoms with E-state index in [1.54, 1.807) is 30.2 Å². The summed E-state index contributed by atoms with van der Waals surface area (Å²) in [4.78, 5) is 20.5. The van der Waals surface area contributed by atoms with E-state index < -0.39 is 21.6 Å². The largest absolute Gasteiger partial charge is 0.345 e. The molecule has 1 saturated carbocycles. The zero-order chi connectivity index (χ0) is 22.5. The van der Waals surface area contributed by atoms with Crippen LogP contribution in [0.5, 0.6) is 0 Å². The molecular formula is C22H20FN5O3S. The van der Waals surface area contributed by atoms with E-state index in [1.165, 1.54) is 24.4 Å². The number of anilines is 1. The average Bonchev–Trinajstić information content (AvgIpc) is 3.28. The second-order valence-corrected chi connectivity index (χ2v) is 9.82. The van der Waals surface area contributed by atoms with Crippen molar-refractivity contribution in [3.63, 3.8) is 0 Å². The summed E-state index contributed by atoms with van der Waals surface area (Å²) in [5.74, 6) is -1.40. The van der Waals surface area contributed by atoms with Crippen LogP contribution in [0.25, 0.3) is 22.2 Å². The Kier molecular flexibility index (Phi) is 4.81. The number of nitrogens with zero attached hydrogens (tertiary/aromatic N) is 3. The quantitative estimate of drug-likeness (QED) is 0.416. The van der Waals surface area contributed by atoms with Gasteiger partial charge in [0.15, 0.2) is 11.6 Å². The number of carbonyl (C=O) groups is 1. The van der Waals surface area contributed by atoms with E-state index in [4.69, 9.17) is 0 Å². The van der Waals surface area contributed by atoms with Gasteiger partial charge in [0, 0.05) is 47.7 Å². The lowest BCUT2D eigenvalue weighted by Gasteiger charge is -2.11. The molecule has 0 aliphatic heterocycles. The lowest BCUT2D eigenvalue weighted by atomic mass is 10.0. The van der Waals surface area contributed by atoms with Gasteiger partial charge in [-0.05, 0) is 37.0 Å². The monoisotopic (exact) mass is 453 g/mol. The smallest absolute Gasteiger partial charge is 0.233 e. The third kappa shape index (κ3) is 3.89. The molecule has 2 N–H and O–H groups in total. The maximum Gasteiger partial charge on any atom is 0.233 e. The fourth-order valence-corrected chi connectivity index (χ4v) is 5.18. The Balaban J connectivity index is 1.50. The van der Waals surface area contributed by atoms with Crippen molar-refractivity contribution in [2.45, 2.75) is 12.8 Å². The highest BCUT2D eigenvalue weighted by Gasteiger charge is 2.29. The second-order valence-electron chi connectivity index (χ2n) is 8.05. The number of ketones is 1. The van der Waals surface area contributed by atoms with Crippen molar-refractivity contribution < 1.29 is 17.6 Å². The minimum absolute atomic E-state index is 0.0458. The lowest BCUT2D eigenvalue weighted by Crippen LogP contribution is -2.19. The number of fused-ring (bicyclic) bond motifs is 1. The maximum atomic E-state index is 15.2. The van der Waals surface area contributed by atoms with Gasteiger partial charge in [-0.3, -0.25) is 14.2 Å². The summed E-state index contributed by atoms with van der Waals surface area (Å²) in [6, 6.07) is 5.91. The van der Waals surface area contributed by atoms with Gasteiger partial charge < -0.3 is 4.98 Å². The number of aromatic nitrogens is 4. The highest BCUT2D eigenvalue weighted by atomic mass is 32.2. The van der Waals surface area contributed by atoms with E-state index in [1.807, 2.05) is 6.20 Å². The van der Waals surface area contributed by atoms with Gasteiger partial charge >= 0.3 is 0 Å². The van der Waals surface area contributed by atoms with E-state index in [-0.39, 0.29) is 28.5 Å². The first-order valence-electron chi connectivity index (χ1n) is 10.1. The SMILES string of the molecule is Cn1cc(-c2cnc3[nH]cc(C(=O)c4cccc(NS(=O)(=O)CC5CC5)c4F)c3c2)cn1. The number of pyridine rings is 1. The number of benzene rings is 1. The number of carbonyl (C=O) groups excluding carboxylic acids is 1. The Bertz CT molecular complexity index is 1450. The Hall–Kier alpha value is -3.53. The summed E-state index contributed by atoms with van der Waals surface area (Å²) < 4.78 is 43.7. The molecule has 164 valence electrons. The number of aromatic amines is 1. The fourth-order valence-electron chi connectivity index (χ4n) is 3.65. The molecule has 0 radical (unpaired) electrons. The molecule has 0 saturated heterocycles. The summed E-state index contributed by atoms with van der Waals surface area (Å²) in [5, 5.41) is 4.68. The fraction of sp³-hybridized carbons (Fsp3) is 0.227. The number of H-pyrrole nitrogens is 1. The average molecular weight is 453 g/mol. The van der Waals surface area contributed by atoms with Crippen LogP contribution in [-0.4, -0.2) is 39.7 Å². The first-order chi connectivity index (χ1) is 15.3. The van der Waals surface area contributed by atoms with Crippen LogP contribution >= 0.6 is 0 Å². The Morgan fingerprint density at radius 3 is 2.78 bits per heavy atom. The maximum absolute atomic E-state index is 15.2. The molecule has 8 nitrogen and oxygen atoms in total. The van der Waals surface area contributed by atoms with Gasteiger partial charge in [-0.2, -0.15) is 5.10 Å². The van der Waals surface area contributed by atoms with Crippen LogP contribution in [0.1, 0.15) is 28.8 Å². The van der Waals surface area contributed by atoms with E-state index in [0.717, 1.165) is 24.0 Å². The number of hydrogen-bond donors (Lipinski definition) is 2. The van der Waals surface area contributed by atoms with Crippen LogP contribution < -0.4 is 4.72 Å². The number of nitrogens with one attached hydrogen (secondary N) is 2. The molecule has 3 aromatic heterocycles. The van der Waals surface area contributed by atoms with Gasteiger partial charge in [0.05, 0.1) is 23.2 Å². The van der Waals surface area contributed by atoms with Gasteiger partial charge in [-0.1, -0.05) is 6.07 Å². The summed E-state index contributed by atoms with van der Waals surface area (Å²) in [6.45, 7) is 0. The lowest BCUT2D eigenvalue weighted by molar-refractivity contribution is 0.103. The molecule has 0 atom stereocenters. The number of sulfonamides is 1. The molecule has 1 aliphatic rings. The molecule has 0 unspecified atom stereocenters. The van der Waals surface area contributed by atoms with E-state index in [9.17, 15) is 13.2 Å². The molecule has 32 heavy (non-hydrogen) atoms. The molecule has 5 rings (SSSR count). The van der Waals surface area contributed by atoms with Crippen LogP contribution in [0.15, 0.2) is 49.1 Å². The molecule has 3 heterocycles. The predicted octanol–water partition coefficient (Wildman–Crippen LogP) is 3.49. The minimum atomic E-state index is -3.68. The number of hydrogen-bond acceptors (Lipinski definition) is 5. The van der Waals surface area contributed by atoms with Crippen molar-refractivity contribution in [1.82, 2.24) is 19.7 Å². The third-order valence-electron chi connectivity index (χ3n) is 5.47. The molecule has 0 spiro atoms. The van der Waals surface area contributed by atoms with Gasteiger partial charge in [-0.25, -0.2) is 17.8 Å². The number of aryl methyl sites for hydroxylation is 1. The van der Waals surface area contributed by atoms with Gasteiger partial charge in [0.25, 0.3) is 0 Å². The summed E-state index contributed by atoms with van der Waals surface area (Å²) in [7, 11) is -1.88. The highest BCUT2D eigenvalue weighted by Crippen LogP contribution is 2.32. The molecule has 0 amide bonds. The molecule has 10 heteroatoms. The Labute approximate surface area is 183 Å².